The van der Waals surface area contributed by atoms with E-state index in [0.717, 1.165) is 17.1 Å². The highest BCUT2D eigenvalue weighted by Crippen LogP contribution is 2.56. The highest BCUT2D eigenvalue weighted by Gasteiger charge is 2.45. The maximum Gasteiger partial charge on any atom is 0.0713 e. The molecule has 0 aliphatic heterocycles. The number of anilines is 3. The van der Waals surface area contributed by atoms with E-state index in [1.165, 1.54) is 89.9 Å². The lowest BCUT2D eigenvalue weighted by atomic mass is 9.68. The number of rotatable bonds is 10. The first-order valence-corrected chi connectivity index (χ1v) is 24.1. The van der Waals surface area contributed by atoms with Crippen LogP contribution in [0.5, 0.6) is 0 Å². The molecular formula is C67H57N. The molecule has 11 rings (SSSR count). The van der Waals surface area contributed by atoms with Gasteiger partial charge >= 0.3 is 0 Å². The molecule has 1 aliphatic rings. The van der Waals surface area contributed by atoms with Crippen molar-refractivity contribution in [2.45, 2.75) is 45.4 Å². The fourth-order valence-electron chi connectivity index (χ4n) is 10.3. The standard InChI is InChI=1S/C50H37N.C17H20/c1-36-20-22-38(23-21-36)40-26-32-44(33-27-40)51(43-30-24-39(25-31-43)37-12-4-2-5-13-37)45-34-28-42(29-35-45)50(41-14-6-3-7-15-41)48-18-10-8-16-46(48)47-17-9-11-19-49(47)50;1-4-13(2)15-10-7-8-12-17(15)16-11-6-5-9-14(16)3/h2-35H,1H3;5-13H,4H2,1-3H3/t;13-/m.1/s1. The van der Waals surface area contributed by atoms with Crippen molar-refractivity contribution in [1.29, 1.82) is 0 Å². The summed E-state index contributed by atoms with van der Waals surface area (Å²) in [6.07, 6.45) is 1.18. The maximum atomic E-state index is 2.36. The Balaban J connectivity index is 0.000000268. The molecule has 330 valence electrons. The SMILES string of the molecule is CC[C@@H](C)c1ccccc1-c1ccccc1C.Cc1ccc(-c2ccc(N(c3ccc(-c4ccccc4)cc3)c3ccc(C4(c5ccccc5)c5ccccc5-c5ccccc54)cc3)cc2)cc1. The Morgan fingerprint density at radius 2 is 0.735 bits per heavy atom. The fourth-order valence-corrected chi connectivity index (χ4v) is 10.3. The molecule has 0 aromatic heterocycles. The van der Waals surface area contributed by atoms with Gasteiger partial charge in [0.1, 0.15) is 0 Å². The highest BCUT2D eigenvalue weighted by molar-refractivity contribution is 5.87. The third kappa shape index (κ3) is 8.38. The Kier molecular flexibility index (Phi) is 12.6. The molecular weight excluding hydrogens is 819 g/mol. The van der Waals surface area contributed by atoms with Gasteiger partial charge in [-0.2, -0.15) is 0 Å². The van der Waals surface area contributed by atoms with Crippen LogP contribution in [0.2, 0.25) is 0 Å². The number of aryl methyl sites for hydroxylation is 2. The molecule has 0 saturated heterocycles. The van der Waals surface area contributed by atoms with E-state index in [9.17, 15) is 0 Å². The highest BCUT2D eigenvalue weighted by atomic mass is 15.1. The van der Waals surface area contributed by atoms with Crippen molar-refractivity contribution in [3.8, 4) is 44.5 Å². The van der Waals surface area contributed by atoms with Crippen LogP contribution >= 0.6 is 0 Å². The minimum atomic E-state index is -0.426. The second kappa shape index (κ2) is 19.5. The Bertz CT molecular complexity index is 3210. The summed E-state index contributed by atoms with van der Waals surface area (Å²) in [6.45, 7) is 8.87. The molecule has 68 heavy (non-hydrogen) atoms. The van der Waals surface area contributed by atoms with E-state index in [1.54, 1.807) is 0 Å². The largest absolute Gasteiger partial charge is 0.311 e. The molecule has 1 nitrogen and oxygen atoms in total. The molecule has 0 unspecified atom stereocenters. The average molecular weight is 876 g/mol. The van der Waals surface area contributed by atoms with Gasteiger partial charge in [-0.1, -0.05) is 238 Å². The molecule has 1 aliphatic carbocycles. The predicted molar refractivity (Wildman–Crippen MR) is 289 cm³/mol. The molecule has 0 spiro atoms. The van der Waals surface area contributed by atoms with E-state index in [2.05, 4.69) is 287 Å². The molecule has 0 heterocycles. The van der Waals surface area contributed by atoms with Gasteiger partial charge in [0.15, 0.2) is 0 Å². The molecule has 0 saturated carbocycles. The van der Waals surface area contributed by atoms with E-state index in [4.69, 9.17) is 0 Å². The van der Waals surface area contributed by atoms with Gasteiger partial charge in [-0.15, -0.1) is 0 Å². The quantitative estimate of drug-likeness (QED) is 0.132. The minimum absolute atomic E-state index is 0.426. The first-order valence-electron chi connectivity index (χ1n) is 24.1. The van der Waals surface area contributed by atoms with Crippen LogP contribution < -0.4 is 4.90 Å². The first kappa shape index (κ1) is 43.9. The van der Waals surface area contributed by atoms with Crippen molar-refractivity contribution in [2.75, 3.05) is 4.90 Å². The van der Waals surface area contributed by atoms with Crippen LogP contribution in [0.1, 0.15) is 65.1 Å². The summed E-state index contributed by atoms with van der Waals surface area (Å²) in [7, 11) is 0. The molecule has 0 fully saturated rings. The van der Waals surface area contributed by atoms with Crippen molar-refractivity contribution < 1.29 is 0 Å². The molecule has 0 N–H and O–H groups in total. The summed E-state index contributed by atoms with van der Waals surface area (Å²) in [5.41, 5.74) is 22.4. The second-order valence-corrected chi connectivity index (χ2v) is 18.1. The minimum Gasteiger partial charge on any atom is -0.311 e. The maximum absolute atomic E-state index is 2.36. The topological polar surface area (TPSA) is 3.24 Å². The van der Waals surface area contributed by atoms with E-state index in [1.807, 2.05) is 0 Å². The second-order valence-electron chi connectivity index (χ2n) is 18.1. The summed E-state index contributed by atoms with van der Waals surface area (Å²) in [5.74, 6) is 0.616. The van der Waals surface area contributed by atoms with Gasteiger partial charge in [-0.25, -0.2) is 0 Å². The van der Waals surface area contributed by atoms with Crippen LogP contribution in [0.4, 0.5) is 17.1 Å². The molecule has 0 radical (unpaired) electrons. The zero-order valence-corrected chi connectivity index (χ0v) is 39.5. The van der Waals surface area contributed by atoms with Crippen LogP contribution in [0, 0.1) is 13.8 Å². The monoisotopic (exact) mass is 875 g/mol. The zero-order valence-electron chi connectivity index (χ0n) is 39.5. The van der Waals surface area contributed by atoms with Crippen molar-refractivity contribution in [1.82, 2.24) is 0 Å². The molecule has 0 bridgehead atoms. The van der Waals surface area contributed by atoms with E-state index < -0.39 is 5.41 Å². The van der Waals surface area contributed by atoms with Gasteiger partial charge in [0, 0.05) is 17.1 Å². The number of hydrogen-bond donors (Lipinski definition) is 0. The molecule has 0 amide bonds. The Morgan fingerprint density at radius 1 is 0.353 bits per heavy atom. The molecule has 1 atom stereocenters. The number of hydrogen-bond acceptors (Lipinski definition) is 1. The lowest BCUT2D eigenvalue weighted by Gasteiger charge is -2.34. The van der Waals surface area contributed by atoms with Crippen LogP contribution in [0.25, 0.3) is 44.5 Å². The molecule has 10 aromatic carbocycles. The van der Waals surface area contributed by atoms with E-state index in [-0.39, 0.29) is 0 Å². The Morgan fingerprint density at radius 3 is 1.25 bits per heavy atom. The molecule has 1 heteroatoms. The third-order valence-corrected chi connectivity index (χ3v) is 14.0. The van der Waals surface area contributed by atoms with E-state index in [0.29, 0.717) is 5.92 Å². The van der Waals surface area contributed by atoms with Gasteiger partial charge in [-0.05, 0) is 140 Å². The molecule has 10 aromatic rings. The van der Waals surface area contributed by atoms with Gasteiger partial charge in [0.2, 0.25) is 0 Å². The van der Waals surface area contributed by atoms with Crippen molar-refractivity contribution in [3.63, 3.8) is 0 Å². The summed E-state index contributed by atoms with van der Waals surface area (Å²) in [5, 5.41) is 0. The summed E-state index contributed by atoms with van der Waals surface area (Å²) in [4.78, 5) is 2.36. The Hall–Kier alpha value is -8.00. The van der Waals surface area contributed by atoms with Crippen LogP contribution in [0.15, 0.2) is 255 Å². The normalized spacial score (nSPS) is 12.5. The number of fused-ring (bicyclic) bond motifs is 3. The lowest BCUT2D eigenvalue weighted by Crippen LogP contribution is -2.28. The summed E-state index contributed by atoms with van der Waals surface area (Å²) < 4.78 is 0. The van der Waals surface area contributed by atoms with Crippen LogP contribution in [-0.2, 0) is 5.41 Å². The fraction of sp³-hybridized carbons (Fsp3) is 0.104. The van der Waals surface area contributed by atoms with Crippen molar-refractivity contribution in [2.24, 2.45) is 0 Å². The van der Waals surface area contributed by atoms with Gasteiger partial charge in [0.05, 0.1) is 5.41 Å². The number of nitrogens with zero attached hydrogens (tertiary/aromatic N) is 1. The van der Waals surface area contributed by atoms with E-state index >= 15 is 0 Å². The summed E-state index contributed by atoms with van der Waals surface area (Å²) >= 11 is 0. The van der Waals surface area contributed by atoms with Gasteiger partial charge < -0.3 is 4.90 Å². The first-order chi connectivity index (χ1) is 33.4. The van der Waals surface area contributed by atoms with Crippen molar-refractivity contribution in [3.05, 3.63) is 294 Å². The van der Waals surface area contributed by atoms with Gasteiger partial charge in [-0.3, -0.25) is 0 Å². The van der Waals surface area contributed by atoms with Gasteiger partial charge in [0.25, 0.3) is 0 Å². The lowest BCUT2D eigenvalue weighted by molar-refractivity contribution is 0.735. The van der Waals surface area contributed by atoms with Crippen LogP contribution in [-0.4, -0.2) is 0 Å². The van der Waals surface area contributed by atoms with Crippen molar-refractivity contribution >= 4 is 17.1 Å². The summed E-state index contributed by atoms with van der Waals surface area (Å²) in [6, 6.07) is 92.7. The average Bonchev–Trinajstić information content (AvgIpc) is 3.71. The van der Waals surface area contributed by atoms with Crippen LogP contribution in [0.3, 0.4) is 0 Å². The zero-order chi connectivity index (χ0) is 46.5. The predicted octanol–water partition coefficient (Wildman–Crippen LogP) is 18.3. The third-order valence-electron chi connectivity index (χ3n) is 14.0. The number of benzene rings is 10. The smallest absolute Gasteiger partial charge is 0.0713 e. The Labute approximate surface area is 403 Å².